The minimum atomic E-state index is -4.15. The molecule has 10 nitrogen and oxygen atoms in total. The van der Waals surface area contributed by atoms with Gasteiger partial charge in [-0.15, -0.1) is 0 Å². The maximum Gasteiger partial charge on any atom is 0.342 e. The second kappa shape index (κ2) is 8.32. The van der Waals surface area contributed by atoms with Crippen molar-refractivity contribution in [1.82, 2.24) is 0 Å². The summed E-state index contributed by atoms with van der Waals surface area (Å²) in [6.45, 7) is 3.15. The van der Waals surface area contributed by atoms with Crippen molar-refractivity contribution in [3.63, 3.8) is 0 Å². The number of benzene rings is 2. The summed E-state index contributed by atoms with van der Waals surface area (Å²) < 4.78 is 46.7. The maximum atomic E-state index is 13.2. The smallest absolute Gasteiger partial charge is 0.342 e. The Morgan fingerprint density at radius 1 is 0.788 bits per heavy atom. The lowest BCUT2D eigenvalue weighted by atomic mass is 10.1. The zero-order chi connectivity index (χ0) is 23.9. The second-order valence-corrected chi connectivity index (χ2v) is 9.11. The van der Waals surface area contributed by atoms with E-state index in [-0.39, 0.29) is 44.9 Å². The number of esters is 4. The van der Waals surface area contributed by atoms with Crippen LogP contribution < -0.4 is 0 Å². The van der Waals surface area contributed by atoms with Crippen molar-refractivity contribution in [2.45, 2.75) is 49.1 Å². The van der Waals surface area contributed by atoms with Crippen molar-refractivity contribution in [1.29, 1.82) is 0 Å². The number of ether oxygens (including phenoxy) is 4. The predicted octanol–water partition coefficient (Wildman–Crippen LogP) is 2.76. The van der Waals surface area contributed by atoms with Crippen molar-refractivity contribution in [2.75, 3.05) is 0 Å². The Bertz CT molecular complexity index is 1290. The third-order valence-corrected chi connectivity index (χ3v) is 6.85. The summed E-state index contributed by atoms with van der Waals surface area (Å²) in [5.41, 5.74) is 0.385. The van der Waals surface area contributed by atoms with Crippen molar-refractivity contribution >= 4 is 33.7 Å². The lowest BCUT2D eigenvalue weighted by Gasteiger charge is -2.13. The van der Waals surface area contributed by atoms with Gasteiger partial charge in [-0.25, -0.2) is 18.0 Å². The second-order valence-electron chi connectivity index (χ2n) is 7.16. The van der Waals surface area contributed by atoms with Crippen LogP contribution in [0.4, 0.5) is 0 Å². The highest BCUT2D eigenvalue weighted by atomic mass is 32.2. The number of sulfone groups is 1. The van der Waals surface area contributed by atoms with Crippen LogP contribution in [0.25, 0.3) is 0 Å². The van der Waals surface area contributed by atoms with Gasteiger partial charge in [0.1, 0.15) is 0 Å². The molecule has 11 heteroatoms. The molecule has 2 aromatic carbocycles. The van der Waals surface area contributed by atoms with Gasteiger partial charge in [0, 0.05) is 24.0 Å². The molecule has 0 N–H and O–H groups in total. The molecule has 2 heterocycles. The molecule has 4 rings (SSSR count). The summed E-state index contributed by atoms with van der Waals surface area (Å²) in [5.74, 6) is -2.76. The van der Waals surface area contributed by atoms with Crippen LogP contribution in [0.5, 0.6) is 0 Å². The van der Waals surface area contributed by atoms with Crippen LogP contribution >= 0.6 is 0 Å². The molecule has 33 heavy (non-hydrogen) atoms. The molecule has 2 atom stereocenters. The highest BCUT2D eigenvalue weighted by Crippen LogP contribution is 2.37. The van der Waals surface area contributed by atoms with E-state index in [2.05, 4.69) is 0 Å². The maximum absolute atomic E-state index is 13.2. The van der Waals surface area contributed by atoms with Gasteiger partial charge in [0.25, 0.3) is 12.6 Å². The Hall–Kier alpha value is -3.73. The quantitative estimate of drug-likeness (QED) is 0.574. The number of hydrogen-bond acceptors (Lipinski definition) is 10. The first-order chi connectivity index (χ1) is 15.6. The molecular formula is C22H18O10S. The minimum absolute atomic E-state index is 0.0422. The third kappa shape index (κ3) is 3.95. The van der Waals surface area contributed by atoms with E-state index in [4.69, 9.17) is 18.9 Å². The Morgan fingerprint density at radius 2 is 1.30 bits per heavy atom. The van der Waals surface area contributed by atoms with Crippen LogP contribution in [-0.2, 0) is 38.4 Å². The first-order valence-corrected chi connectivity index (χ1v) is 11.5. The summed E-state index contributed by atoms with van der Waals surface area (Å²) in [4.78, 5) is 47.0. The number of cyclic esters (lactones) is 2. The SMILES string of the molecule is CCC(=O)OC1OC(=O)c2cc(S(=O)(=O)c3ccc4c(c3)C(OC(=O)CC)OC4=O)ccc21. The topological polar surface area (TPSA) is 139 Å². The van der Waals surface area contributed by atoms with E-state index >= 15 is 0 Å². The molecule has 2 aliphatic rings. The fourth-order valence-electron chi connectivity index (χ4n) is 3.34. The van der Waals surface area contributed by atoms with E-state index < -0.39 is 46.3 Å². The lowest BCUT2D eigenvalue weighted by molar-refractivity contribution is -0.168. The Labute approximate surface area is 188 Å². The van der Waals surface area contributed by atoms with Crippen LogP contribution in [-0.4, -0.2) is 32.3 Å². The molecule has 2 unspecified atom stereocenters. The summed E-state index contributed by atoms with van der Waals surface area (Å²) >= 11 is 0. The number of fused-ring (bicyclic) bond motifs is 2. The van der Waals surface area contributed by atoms with Crippen LogP contribution in [0.3, 0.4) is 0 Å². The number of hydrogen-bond donors (Lipinski definition) is 0. The van der Waals surface area contributed by atoms with Gasteiger partial charge >= 0.3 is 23.9 Å². The van der Waals surface area contributed by atoms with Gasteiger partial charge in [0.2, 0.25) is 9.84 Å². The fraction of sp³-hybridized carbons (Fsp3) is 0.273. The number of rotatable bonds is 6. The Kier molecular flexibility index (Phi) is 5.66. The highest BCUT2D eigenvalue weighted by Gasteiger charge is 2.37. The summed E-state index contributed by atoms with van der Waals surface area (Å²) in [6.07, 6.45) is -2.47. The highest BCUT2D eigenvalue weighted by molar-refractivity contribution is 7.91. The van der Waals surface area contributed by atoms with Crippen LogP contribution in [0, 0.1) is 0 Å². The Balaban J connectivity index is 1.69. The average Bonchev–Trinajstić information content (AvgIpc) is 3.28. The molecule has 0 saturated heterocycles. The molecule has 2 aliphatic heterocycles. The number of carbonyl (C=O) groups is 4. The zero-order valence-corrected chi connectivity index (χ0v) is 18.3. The number of carbonyl (C=O) groups excluding carboxylic acids is 4. The van der Waals surface area contributed by atoms with Gasteiger partial charge in [0.05, 0.1) is 20.9 Å². The normalized spacial score (nSPS) is 18.7. The molecule has 0 saturated carbocycles. The molecule has 0 spiro atoms. The first kappa shape index (κ1) is 22.5. The van der Waals surface area contributed by atoms with Crippen LogP contribution in [0.15, 0.2) is 46.2 Å². The van der Waals surface area contributed by atoms with Gasteiger partial charge in [0.15, 0.2) is 0 Å². The van der Waals surface area contributed by atoms with E-state index in [9.17, 15) is 27.6 Å². The Morgan fingerprint density at radius 3 is 1.91 bits per heavy atom. The first-order valence-electron chi connectivity index (χ1n) is 9.99. The molecule has 0 radical (unpaired) electrons. The predicted molar refractivity (Wildman–Crippen MR) is 107 cm³/mol. The standard InChI is InChI=1S/C22H18O10S/c1-3-17(23)29-21-14-8-6-11(9-15(14)20(26)32-21)33(27,28)12-5-7-13-16(10-12)22(31-19(13)25)30-18(24)4-2/h5-10,21-22H,3-4H2,1-2H3. The van der Waals surface area contributed by atoms with E-state index in [1.165, 1.54) is 30.3 Å². The fourth-order valence-corrected chi connectivity index (χ4v) is 4.66. The van der Waals surface area contributed by atoms with Crippen LogP contribution in [0.2, 0.25) is 0 Å². The average molecular weight is 474 g/mol. The largest absolute Gasteiger partial charge is 0.421 e. The van der Waals surface area contributed by atoms with Crippen LogP contribution in [0.1, 0.15) is 71.1 Å². The molecule has 172 valence electrons. The molecule has 0 aromatic heterocycles. The lowest BCUT2D eigenvalue weighted by Crippen LogP contribution is -2.11. The van der Waals surface area contributed by atoms with E-state index in [0.717, 1.165) is 6.07 Å². The zero-order valence-electron chi connectivity index (χ0n) is 17.5. The van der Waals surface area contributed by atoms with E-state index in [0.29, 0.717) is 0 Å². The molecular weight excluding hydrogens is 456 g/mol. The third-order valence-electron chi connectivity index (χ3n) is 5.10. The van der Waals surface area contributed by atoms with Gasteiger partial charge < -0.3 is 18.9 Å². The van der Waals surface area contributed by atoms with Gasteiger partial charge in [-0.3, -0.25) is 9.59 Å². The minimum Gasteiger partial charge on any atom is -0.421 e. The van der Waals surface area contributed by atoms with E-state index in [1.807, 2.05) is 0 Å². The molecule has 0 bridgehead atoms. The van der Waals surface area contributed by atoms with Crippen molar-refractivity contribution in [3.8, 4) is 0 Å². The van der Waals surface area contributed by atoms with Gasteiger partial charge in [-0.2, -0.15) is 0 Å². The molecule has 0 aliphatic carbocycles. The van der Waals surface area contributed by atoms with E-state index in [1.54, 1.807) is 13.8 Å². The summed E-state index contributed by atoms with van der Waals surface area (Å²) in [5, 5.41) is 0. The van der Waals surface area contributed by atoms with Crippen molar-refractivity contribution in [2.24, 2.45) is 0 Å². The van der Waals surface area contributed by atoms with Crippen molar-refractivity contribution < 1.29 is 46.5 Å². The summed E-state index contributed by atoms with van der Waals surface area (Å²) in [6, 6.07) is 7.42. The molecule has 0 fully saturated rings. The van der Waals surface area contributed by atoms with Gasteiger partial charge in [-0.05, 0) is 36.4 Å². The molecule has 2 aromatic rings. The molecule has 0 amide bonds. The van der Waals surface area contributed by atoms with Gasteiger partial charge in [-0.1, -0.05) is 13.8 Å². The summed E-state index contributed by atoms with van der Waals surface area (Å²) in [7, 11) is -4.15. The monoisotopic (exact) mass is 474 g/mol. The van der Waals surface area contributed by atoms with Crippen molar-refractivity contribution in [3.05, 3.63) is 58.7 Å².